The molecule has 8 aromatic rings. The zero-order valence-corrected chi connectivity index (χ0v) is 47.2. The molecule has 406 valence electrons. The van der Waals surface area contributed by atoms with E-state index >= 15 is 0 Å². The number of anilines is 6. The molecule has 17 nitrogen and oxygen atoms in total. The van der Waals surface area contributed by atoms with Crippen LogP contribution in [-0.4, -0.2) is 111 Å². The quantitative estimate of drug-likeness (QED) is 0.0952. The lowest BCUT2D eigenvalue weighted by Crippen LogP contribution is -2.47. The van der Waals surface area contributed by atoms with Crippen molar-refractivity contribution >= 4 is 131 Å². The topological polar surface area (TPSA) is 177 Å². The number of amides is 2. The van der Waals surface area contributed by atoms with Gasteiger partial charge in [-0.25, -0.2) is 15.0 Å². The molecule has 3 aliphatic rings. The number of rotatable bonds is 10. The minimum atomic E-state index is -1.04. The molecule has 2 amide bonds. The van der Waals surface area contributed by atoms with Crippen LogP contribution in [0.15, 0.2) is 142 Å². The van der Waals surface area contributed by atoms with Gasteiger partial charge in [0.2, 0.25) is 18.0 Å². The average Bonchev–Trinajstić information content (AvgIpc) is 3.73. The molecule has 0 radical (unpaired) electrons. The van der Waals surface area contributed by atoms with Crippen LogP contribution in [0.4, 0.5) is 34.1 Å². The number of nitrogens with zero attached hydrogens (tertiary/aromatic N) is 8. The van der Waals surface area contributed by atoms with Crippen molar-refractivity contribution in [2.45, 2.75) is 33.1 Å². The van der Waals surface area contributed by atoms with Crippen molar-refractivity contribution in [2.75, 3.05) is 90.8 Å². The standard InChI is InChI=1S/C31H28ClN5O2S.C29H29N7O3S/c1-36-26-13-11-21(32)19-24(26)28(20-7-3-2-4-8-20)34-29(30(36)38)35-31(40)33-25-12-14-27(37-15-17-39-18-16-37)23-10-6-5-9-22(23)25;1-6-36(7-2)19-9-10-22(17(3)14-19)31-29(40)33-25-27(37)35(4)23-11-8-18-12-13-39-26-21(16-30-28(34-26)38-5)24(32-25)20(23)15-18/h2-14,19,29H,15-18H2,1H3,(H2,33,35,40);8-11,14-16,25H,6-7H2,1-5H3,(H2,31,33,40). The van der Waals surface area contributed by atoms with Gasteiger partial charge in [-0.1, -0.05) is 66.2 Å². The molecule has 0 aliphatic carbocycles. The van der Waals surface area contributed by atoms with E-state index in [1.54, 1.807) is 36.2 Å². The number of thiocarbonyl (C=S) groups is 2. The summed E-state index contributed by atoms with van der Waals surface area (Å²) in [5.74, 6) is -0.520. The number of hydrogen-bond acceptors (Lipinski definition) is 13. The van der Waals surface area contributed by atoms with E-state index < -0.39 is 12.3 Å². The van der Waals surface area contributed by atoms with E-state index in [9.17, 15) is 9.59 Å². The maximum Gasteiger partial charge on any atom is 0.319 e. The molecule has 1 saturated heterocycles. The van der Waals surface area contributed by atoms with Gasteiger partial charge >= 0.3 is 6.01 Å². The van der Waals surface area contributed by atoms with Crippen molar-refractivity contribution in [3.8, 4) is 6.01 Å². The van der Waals surface area contributed by atoms with Crippen LogP contribution in [0.2, 0.25) is 5.02 Å². The van der Waals surface area contributed by atoms with Crippen LogP contribution in [-0.2, 0) is 14.3 Å². The Hall–Kier alpha value is -8.67. The third kappa shape index (κ3) is 11.6. The van der Waals surface area contributed by atoms with Crippen LogP contribution in [0.3, 0.4) is 0 Å². The number of benzodiazepines with no additional fused rings is 1. The van der Waals surface area contributed by atoms with Crippen LogP contribution in [0.5, 0.6) is 6.01 Å². The molecule has 6 aromatic carbocycles. The van der Waals surface area contributed by atoms with Gasteiger partial charge in [-0.3, -0.25) is 9.59 Å². The number of nitrogens with one attached hydrogen (secondary N) is 4. The fraction of sp³-hybridized carbons (Fsp3) is 0.233. The zero-order valence-electron chi connectivity index (χ0n) is 44.8. The van der Waals surface area contributed by atoms with Gasteiger partial charge in [0.05, 0.1) is 48.2 Å². The highest BCUT2D eigenvalue weighted by Crippen LogP contribution is 2.34. The molecule has 80 heavy (non-hydrogen) atoms. The maximum atomic E-state index is 13.6. The number of aromatic nitrogens is 2. The summed E-state index contributed by atoms with van der Waals surface area (Å²) in [6, 6.07) is 42.3. The predicted molar refractivity (Wildman–Crippen MR) is 326 cm³/mol. The van der Waals surface area contributed by atoms with Gasteiger partial charge in [-0.15, -0.1) is 0 Å². The lowest BCUT2D eigenvalue weighted by molar-refractivity contribution is -0.120. The van der Waals surface area contributed by atoms with Gasteiger partial charge in [0.1, 0.15) is 6.26 Å². The van der Waals surface area contributed by atoms with Gasteiger partial charge in [0, 0.05) is 107 Å². The maximum absolute atomic E-state index is 13.6. The van der Waals surface area contributed by atoms with Crippen LogP contribution in [0.25, 0.3) is 32.6 Å². The lowest BCUT2D eigenvalue weighted by atomic mass is 10.0. The summed E-state index contributed by atoms with van der Waals surface area (Å²) in [5, 5.41) is 18.4. The third-order valence-corrected chi connectivity index (χ3v) is 14.7. The molecule has 0 spiro atoms. The third-order valence-electron chi connectivity index (χ3n) is 14.0. The highest BCUT2D eigenvalue weighted by atomic mass is 35.5. The van der Waals surface area contributed by atoms with Crippen molar-refractivity contribution in [2.24, 2.45) is 9.98 Å². The average molecular weight is 1130 g/mol. The predicted octanol–water partition coefficient (Wildman–Crippen LogP) is 9.35. The number of carbonyl (C=O) groups excluding carboxylic acids is 2. The SMILES string of the molecule is CCN(CC)c1ccc(NC(=S)NC2N=c3c4cc(c#coc5nc(OC)ncc35)ccc4N(C)C2=O)c(C)c1.CN1C(=O)C(NC(=S)Nc2ccc(N3CCOCC3)c3ccccc23)N=C(c2ccccc2)c2cc(Cl)ccc21. The number of aryl methyl sites for hydroxylation is 1. The Labute approximate surface area is 478 Å². The number of fused-ring (bicyclic) bond motifs is 5. The van der Waals surface area contributed by atoms with Crippen LogP contribution >= 0.6 is 36.0 Å². The lowest BCUT2D eigenvalue weighted by Gasteiger charge is -2.30. The summed E-state index contributed by atoms with van der Waals surface area (Å²) in [6.45, 7) is 11.2. The smallest absolute Gasteiger partial charge is 0.319 e. The van der Waals surface area contributed by atoms with E-state index in [-0.39, 0.29) is 28.7 Å². The number of morpholine rings is 1. The molecule has 2 bridgehead atoms. The summed E-state index contributed by atoms with van der Waals surface area (Å²) in [7, 11) is 4.91. The first-order chi connectivity index (χ1) is 38.8. The van der Waals surface area contributed by atoms with Crippen molar-refractivity contribution < 1.29 is 23.5 Å². The Balaban J connectivity index is 0.000000180. The van der Waals surface area contributed by atoms with Gasteiger partial charge < -0.3 is 54.8 Å². The number of carbonyl (C=O) groups is 2. The Kier molecular flexibility index (Phi) is 16.5. The molecule has 5 heterocycles. The number of likely N-dealkylation sites (N-methyl/N-ethyl adjacent to an activating group) is 2. The molecule has 2 aromatic heterocycles. The van der Waals surface area contributed by atoms with Gasteiger partial charge in [0.15, 0.2) is 10.2 Å². The van der Waals surface area contributed by atoms with E-state index in [0.717, 1.165) is 82.1 Å². The number of benzene rings is 6. The molecule has 20 heteroatoms. The first kappa shape index (κ1) is 54.7. The van der Waals surface area contributed by atoms with Crippen LogP contribution < -0.4 is 51.0 Å². The minimum Gasteiger partial charge on any atom is -0.467 e. The van der Waals surface area contributed by atoms with Crippen LogP contribution in [0, 0.1) is 19.3 Å². The summed E-state index contributed by atoms with van der Waals surface area (Å²) >= 11 is 17.7. The molecule has 11 rings (SSSR count). The summed E-state index contributed by atoms with van der Waals surface area (Å²) in [5.41, 5.74) is 8.89. The largest absolute Gasteiger partial charge is 0.467 e. The Morgan fingerprint density at radius 3 is 2.11 bits per heavy atom. The van der Waals surface area contributed by atoms with E-state index in [0.29, 0.717) is 56.3 Å². The van der Waals surface area contributed by atoms with Crippen molar-refractivity contribution in [1.29, 1.82) is 0 Å². The first-order valence-electron chi connectivity index (χ1n) is 26.0. The zero-order chi connectivity index (χ0) is 56.0. The molecule has 4 N–H and O–H groups in total. The molecule has 3 aliphatic heterocycles. The van der Waals surface area contributed by atoms with E-state index in [4.69, 9.17) is 59.9 Å². The number of methoxy groups -OCH3 is 1. The molecular formula is C60H57ClN12O5S2. The van der Waals surface area contributed by atoms with E-state index in [1.807, 2.05) is 91.9 Å². The Morgan fingerprint density at radius 1 is 0.750 bits per heavy atom. The molecular weight excluding hydrogens is 1070 g/mol. The van der Waals surface area contributed by atoms with E-state index in [2.05, 4.69) is 97.5 Å². The second-order valence-corrected chi connectivity index (χ2v) is 20.1. The number of ether oxygens (including phenoxy) is 2. The van der Waals surface area contributed by atoms with E-state index in [1.165, 1.54) is 7.11 Å². The summed E-state index contributed by atoms with van der Waals surface area (Å²) in [6.07, 6.45) is 2.25. The van der Waals surface area contributed by atoms with Crippen molar-refractivity contribution in [3.63, 3.8) is 0 Å². The second-order valence-electron chi connectivity index (χ2n) is 18.9. The monoisotopic (exact) mass is 1120 g/mol. The van der Waals surface area contributed by atoms with Gasteiger partial charge in [-0.05, 0) is 124 Å². The highest BCUT2D eigenvalue weighted by molar-refractivity contribution is 7.80. The molecule has 1 fully saturated rings. The second kappa shape index (κ2) is 24.1. The Bertz CT molecular complexity index is 3830. The van der Waals surface area contributed by atoms with Crippen molar-refractivity contribution in [3.05, 3.63) is 167 Å². The molecule has 2 unspecified atom stereocenters. The van der Waals surface area contributed by atoms with Crippen LogP contribution in [0.1, 0.15) is 30.5 Å². The molecule has 2 atom stereocenters. The summed E-state index contributed by atoms with van der Waals surface area (Å²) < 4.78 is 16.4. The van der Waals surface area contributed by atoms with Gasteiger partial charge in [0.25, 0.3) is 11.8 Å². The normalized spacial score (nSPS) is 15.7. The summed E-state index contributed by atoms with van der Waals surface area (Å²) in [4.78, 5) is 53.3. The number of hydrogen-bond donors (Lipinski definition) is 4. The first-order valence-corrected chi connectivity index (χ1v) is 27.2. The Morgan fingerprint density at radius 2 is 1.40 bits per heavy atom. The van der Waals surface area contributed by atoms with Gasteiger partial charge in [-0.2, -0.15) is 4.98 Å². The van der Waals surface area contributed by atoms with Crippen molar-refractivity contribution in [1.82, 2.24) is 20.6 Å². The fourth-order valence-corrected chi connectivity index (χ4v) is 10.5. The number of aliphatic imine (C=N–C) groups is 1. The fourth-order valence-electron chi connectivity index (χ4n) is 9.86. The highest BCUT2D eigenvalue weighted by Gasteiger charge is 2.32. The number of halogens is 1. The molecule has 0 saturated carbocycles. The minimum absolute atomic E-state index is 0.122.